The molecule has 0 spiro atoms. The summed E-state index contributed by atoms with van der Waals surface area (Å²) in [5, 5.41) is 21.2. The molecule has 2 N–H and O–H groups in total. The van der Waals surface area contributed by atoms with E-state index in [9.17, 15) is 9.90 Å². The Bertz CT molecular complexity index is 984. The number of aryl methyl sites for hydroxylation is 1. The van der Waals surface area contributed by atoms with E-state index in [-0.39, 0.29) is 21.7 Å². The van der Waals surface area contributed by atoms with Crippen LogP contribution in [0.5, 0.6) is 5.75 Å². The third-order valence-corrected chi connectivity index (χ3v) is 5.06. The fraction of sp³-hybridized carbons (Fsp3) is 0.0556. The summed E-state index contributed by atoms with van der Waals surface area (Å²) in [6, 6.07) is 12.2. The van der Waals surface area contributed by atoms with Crippen molar-refractivity contribution in [1.82, 2.24) is 10.2 Å². The Balaban J connectivity index is 1.75. The molecular formula is C18H13Cl2N3O2S. The number of anilines is 1. The number of carbonyl (C=O) groups excluding carboxylic acids is 1. The summed E-state index contributed by atoms with van der Waals surface area (Å²) in [5.74, 6) is -0.360. The van der Waals surface area contributed by atoms with E-state index in [1.54, 1.807) is 18.2 Å². The second-order valence-electron chi connectivity index (χ2n) is 5.44. The fourth-order valence-corrected chi connectivity index (χ4v) is 3.17. The van der Waals surface area contributed by atoms with Crippen molar-refractivity contribution in [3.63, 3.8) is 0 Å². The smallest absolute Gasteiger partial charge is 0.286 e. The van der Waals surface area contributed by atoms with Gasteiger partial charge in [0.15, 0.2) is 5.01 Å². The molecule has 0 saturated heterocycles. The number of phenols is 1. The van der Waals surface area contributed by atoms with Crippen LogP contribution in [0.1, 0.15) is 25.9 Å². The number of rotatable bonds is 4. The number of nitrogens with one attached hydrogen (secondary N) is 1. The topological polar surface area (TPSA) is 75.1 Å². The first-order valence-corrected chi connectivity index (χ1v) is 9.07. The summed E-state index contributed by atoms with van der Waals surface area (Å²) >= 11 is 13.2. The third kappa shape index (κ3) is 4.40. The number of carbonyl (C=O) groups is 1. The first-order valence-electron chi connectivity index (χ1n) is 7.50. The van der Waals surface area contributed by atoms with Crippen molar-refractivity contribution in [3.8, 4) is 5.75 Å². The lowest BCUT2D eigenvalue weighted by atomic mass is 10.2. The predicted octanol–water partition coefficient (Wildman–Crippen LogP) is 5.19. The number of aromatic nitrogens is 2. The van der Waals surface area contributed by atoms with Crippen LogP contribution in [0.25, 0.3) is 11.1 Å². The molecule has 1 amide bonds. The van der Waals surface area contributed by atoms with Crippen molar-refractivity contribution in [2.75, 3.05) is 5.32 Å². The molecule has 0 unspecified atom stereocenters. The molecule has 132 valence electrons. The maximum absolute atomic E-state index is 12.3. The summed E-state index contributed by atoms with van der Waals surface area (Å²) in [7, 11) is 0. The van der Waals surface area contributed by atoms with Crippen LogP contribution < -0.4 is 5.32 Å². The van der Waals surface area contributed by atoms with E-state index in [0.29, 0.717) is 21.3 Å². The zero-order valence-electron chi connectivity index (χ0n) is 13.5. The van der Waals surface area contributed by atoms with E-state index in [1.807, 2.05) is 31.2 Å². The van der Waals surface area contributed by atoms with E-state index in [4.69, 9.17) is 23.2 Å². The normalized spacial score (nSPS) is 11.4. The number of benzene rings is 2. The third-order valence-electron chi connectivity index (χ3n) is 3.40. The first kappa shape index (κ1) is 18.4. The Hall–Kier alpha value is -2.41. The van der Waals surface area contributed by atoms with Gasteiger partial charge in [-0.1, -0.05) is 58.3 Å². The minimum Gasteiger partial charge on any atom is -0.506 e. The quantitative estimate of drug-likeness (QED) is 0.625. The number of halogens is 2. The zero-order chi connectivity index (χ0) is 18.7. The van der Waals surface area contributed by atoms with Gasteiger partial charge in [0, 0.05) is 5.69 Å². The summed E-state index contributed by atoms with van der Waals surface area (Å²) < 4.78 is 0. The highest BCUT2D eigenvalue weighted by molar-refractivity contribution is 7.15. The standard InChI is InChI=1S/C18H13Cl2N3O2S/c1-10-2-5-12(6-3-10)21-16(25)18-23-22-17(26-18)14(20)9-11-4-7-15(24)13(19)8-11/h2-9,24H,1H3,(H,21,25). The molecule has 0 aliphatic carbocycles. The molecule has 0 bridgehead atoms. The molecule has 0 fully saturated rings. The van der Waals surface area contributed by atoms with Crippen molar-refractivity contribution in [1.29, 1.82) is 0 Å². The van der Waals surface area contributed by atoms with Gasteiger partial charge >= 0.3 is 0 Å². The van der Waals surface area contributed by atoms with Crippen molar-refractivity contribution < 1.29 is 9.90 Å². The molecule has 5 nitrogen and oxygen atoms in total. The number of phenolic OH excluding ortho intramolecular Hbond substituents is 1. The highest BCUT2D eigenvalue weighted by Crippen LogP contribution is 2.29. The van der Waals surface area contributed by atoms with Crippen LogP contribution in [0, 0.1) is 6.92 Å². The minimum atomic E-state index is -0.352. The number of hydrogen-bond acceptors (Lipinski definition) is 5. The lowest BCUT2D eigenvalue weighted by molar-refractivity contribution is 0.102. The summed E-state index contributed by atoms with van der Waals surface area (Å²) in [5.41, 5.74) is 2.48. The molecule has 26 heavy (non-hydrogen) atoms. The van der Waals surface area contributed by atoms with Gasteiger partial charge in [-0.3, -0.25) is 4.79 Å². The number of nitrogens with zero attached hydrogens (tertiary/aromatic N) is 2. The number of aromatic hydroxyl groups is 1. The molecule has 1 heterocycles. The van der Waals surface area contributed by atoms with Crippen LogP contribution in [-0.4, -0.2) is 21.2 Å². The molecule has 3 aromatic rings. The fourth-order valence-electron chi connectivity index (χ4n) is 2.05. The summed E-state index contributed by atoms with van der Waals surface area (Å²) in [4.78, 5) is 12.3. The van der Waals surface area contributed by atoms with E-state index in [2.05, 4.69) is 15.5 Å². The second kappa shape index (κ2) is 7.86. The van der Waals surface area contributed by atoms with Crippen molar-refractivity contribution >= 4 is 57.2 Å². The molecule has 0 saturated carbocycles. The van der Waals surface area contributed by atoms with Crippen LogP contribution in [0.15, 0.2) is 42.5 Å². The first-order chi connectivity index (χ1) is 12.4. The summed E-state index contributed by atoms with van der Waals surface area (Å²) in [6.07, 6.45) is 1.63. The van der Waals surface area contributed by atoms with Crippen molar-refractivity contribution in [2.45, 2.75) is 6.92 Å². The Morgan fingerprint density at radius 3 is 2.54 bits per heavy atom. The van der Waals surface area contributed by atoms with Crippen LogP contribution >= 0.6 is 34.5 Å². The van der Waals surface area contributed by atoms with Gasteiger partial charge in [0.25, 0.3) is 5.91 Å². The number of hydrogen-bond donors (Lipinski definition) is 2. The maximum Gasteiger partial charge on any atom is 0.286 e. The van der Waals surface area contributed by atoms with Gasteiger partial charge in [0.05, 0.1) is 10.1 Å². The minimum absolute atomic E-state index is 0.00841. The molecule has 8 heteroatoms. The molecule has 0 aliphatic heterocycles. The lowest BCUT2D eigenvalue weighted by Crippen LogP contribution is -2.11. The Morgan fingerprint density at radius 2 is 1.85 bits per heavy atom. The largest absolute Gasteiger partial charge is 0.506 e. The van der Waals surface area contributed by atoms with Gasteiger partial charge in [-0.05, 0) is 42.8 Å². The van der Waals surface area contributed by atoms with Gasteiger partial charge in [0.1, 0.15) is 5.75 Å². The number of amides is 1. The van der Waals surface area contributed by atoms with E-state index in [0.717, 1.165) is 16.9 Å². The second-order valence-corrected chi connectivity index (χ2v) is 7.23. The van der Waals surface area contributed by atoms with Gasteiger partial charge < -0.3 is 10.4 Å². The molecule has 0 radical (unpaired) electrons. The monoisotopic (exact) mass is 405 g/mol. The SMILES string of the molecule is Cc1ccc(NC(=O)c2nnc(C(Cl)=Cc3ccc(O)c(Cl)c3)s2)cc1. The Labute approximate surface area is 163 Å². The van der Waals surface area contributed by atoms with Gasteiger partial charge in [0.2, 0.25) is 5.01 Å². The van der Waals surface area contributed by atoms with Gasteiger partial charge in [-0.15, -0.1) is 10.2 Å². The van der Waals surface area contributed by atoms with E-state index in [1.165, 1.54) is 6.07 Å². The zero-order valence-corrected chi connectivity index (χ0v) is 15.9. The molecular weight excluding hydrogens is 393 g/mol. The average Bonchev–Trinajstić information content (AvgIpc) is 3.10. The van der Waals surface area contributed by atoms with Crippen LogP contribution in [0.4, 0.5) is 5.69 Å². The molecule has 0 atom stereocenters. The molecule has 1 aromatic heterocycles. The van der Waals surface area contributed by atoms with Gasteiger partial charge in [-0.25, -0.2) is 0 Å². The van der Waals surface area contributed by atoms with Crippen molar-refractivity contribution in [3.05, 3.63) is 68.6 Å². The Morgan fingerprint density at radius 1 is 1.15 bits per heavy atom. The highest BCUT2D eigenvalue weighted by atomic mass is 35.5. The van der Waals surface area contributed by atoms with E-state index < -0.39 is 0 Å². The Kier molecular flexibility index (Phi) is 5.56. The van der Waals surface area contributed by atoms with Crippen molar-refractivity contribution in [2.24, 2.45) is 0 Å². The molecule has 2 aromatic carbocycles. The van der Waals surface area contributed by atoms with E-state index >= 15 is 0 Å². The van der Waals surface area contributed by atoms with Crippen LogP contribution in [0.3, 0.4) is 0 Å². The predicted molar refractivity (Wildman–Crippen MR) is 106 cm³/mol. The lowest BCUT2D eigenvalue weighted by Gasteiger charge is -2.02. The van der Waals surface area contributed by atoms with Crippen LogP contribution in [-0.2, 0) is 0 Å². The maximum atomic E-state index is 12.3. The summed E-state index contributed by atoms with van der Waals surface area (Å²) in [6.45, 7) is 1.97. The van der Waals surface area contributed by atoms with Crippen LogP contribution in [0.2, 0.25) is 5.02 Å². The highest BCUT2D eigenvalue weighted by Gasteiger charge is 2.15. The average molecular weight is 406 g/mol. The molecule has 3 rings (SSSR count). The van der Waals surface area contributed by atoms with Gasteiger partial charge in [-0.2, -0.15) is 0 Å². The molecule has 0 aliphatic rings.